The van der Waals surface area contributed by atoms with Crippen LogP contribution in [-0.2, 0) is 0 Å². The van der Waals surface area contributed by atoms with Crippen LogP contribution >= 0.6 is 0 Å². The lowest BCUT2D eigenvalue weighted by Crippen LogP contribution is -1.97. The van der Waals surface area contributed by atoms with E-state index >= 15 is 0 Å². The monoisotopic (exact) mass is 172 g/mol. The maximum Gasteiger partial charge on any atom is 0.181 e. The Morgan fingerprint density at radius 2 is 1.85 bits per heavy atom. The fraction of sp³-hybridized carbons (Fsp3) is 0.111. The highest BCUT2D eigenvalue weighted by Crippen LogP contribution is 2.24. The van der Waals surface area contributed by atoms with Crippen LogP contribution in [0, 0.1) is 29.8 Å². The Morgan fingerprint density at radius 3 is 2.46 bits per heavy atom. The van der Waals surface area contributed by atoms with Gasteiger partial charge in [-0.2, -0.15) is 10.5 Å². The summed E-state index contributed by atoms with van der Waals surface area (Å²) in [4.78, 5) is 0. The second-order valence-electron chi connectivity index (χ2n) is 2.47. The van der Waals surface area contributed by atoms with E-state index in [2.05, 4.69) is 10.6 Å². The van der Waals surface area contributed by atoms with Gasteiger partial charge in [0.25, 0.3) is 0 Å². The van der Waals surface area contributed by atoms with Crippen molar-refractivity contribution in [1.82, 2.24) is 0 Å². The molecule has 0 aliphatic rings. The third kappa shape index (κ3) is 1.88. The lowest BCUT2D eigenvalue weighted by atomic mass is 10.1. The SMILES string of the molecule is Cc1cccc(NC#N)c1NC#N. The molecular weight excluding hydrogens is 164 g/mol. The van der Waals surface area contributed by atoms with Crippen LogP contribution in [0.5, 0.6) is 0 Å². The molecule has 0 atom stereocenters. The Labute approximate surface area is 76.4 Å². The van der Waals surface area contributed by atoms with Crippen LogP contribution in [0.2, 0.25) is 0 Å². The average Bonchev–Trinajstić information content (AvgIpc) is 2.11. The summed E-state index contributed by atoms with van der Waals surface area (Å²) in [5, 5.41) is 21.9. The summed E-state index contributed by atoms with van der Waals surface area (Å²) in [6, 6.07) is 5.41. The number of hydrogen-bond donors (Lipinski definition) is 2. The number of anilines is 2. The molecule has 0 unspecified atom stereocenters. The van der Waals surface area contributed by atoms with Crippen LogP contribution in [0.4, 0.5) is 11.4 Å². The summed E-state index contributed by atoms with van der Waals surface area (Å²) in [7, 11) is 0. The average molecular weight is 172 g/mol. The standard InChI is InChI=1S/C9H8N4/c1-7-3-2-4-8(12-5-10)9(7)13-6-11/h2-4,12-13H,1H3. The van der Waals surface area contributed by atoms with Gasteiger partial charge in [0, 0.05) is 0 Å². The summed E-state index contributed by atoms with van der Waals surface area (Å²) in [5.41, 5.74) is 2.18. The highest BCUT2D eigenvalue weighted by Gasteiger charge is 2.02. The lowest BCUT2D eigenvalue weighted by Gasteiger charge is -2.07. The predicted molar refractivity (Wildman–Crippen MR) is 49.7 cm³/mol. The van der Waals surface area contributed by atoms with Crippen LogP contribution in [-0.4, -0.2) is 0 Å². The molecule has 0 saturated heterocycles. The van der Waals surface area contributed by atoms with E-state index in [-0.39, 0.29) is 0 Å². The Balaban J connectivity index is 3.12. The molecule has 0 heterocycles. The minimum Gasteiger partial charge on any atom is -0.291 e. The van der Waals surface area contributed by atoms with Crippen molar-refractivity contribution in [3.8, 4) is 12.4 Å². The Hall–Kier alpha value is -2.20. The van der Waals surface area contributed by atoms with E-state index in [4.69, 9.17) is 10.5 Å². The van der Waals surface area contributed by atoms with Gasteiger partial charge in [-0.3, -0.25) is 10.6 Å². The molecule has 1 rings (SSSR count). The lowest BCUT2D eigenvalue weighted by molar-refractivity contribution is 1.39. The summed E-state index contributed by atoms with van der Waals surface area (Å²) in [5.74, 6) is 0. The number of nitriles is 2. The third-order valence-electron chi connectivity index (χ3n) is 1.64. The first-order chi connectivity index (χ1) is 6.29. The second kappa shape index (κ2) is 3.99. The smallest absolute Gasteiger partial charge is 0.181 e. The minimum atomic E-state index is 0.615. The Bertz CT molecular complexity index is 384. The summed E-state index contributed by atoms with van der Waals surface area (Å²) in [6.07, 6.45) is 3.63. The molecule has 13 heavy (non-hydrogen) atoms. The van der Waals surface area contributed by atoms with Crippen molar-refractivity contribution in [3.63, 3.8) is 0 Å². The number of benzene rings is 1. The quantitative estimate of drug-likeness (QED) is 0.527. The third-order valence-corrected chi connectivity index (χ3v) is 1.64. The first kappa shape index (κ1) is 8.89. The molecule has 0 radical (unpaired) electrons. The van der Waals surface area contributed by atoms with Crippen molar-refractivity contribution in [2.45, 2.75) is 6.92 Å². The molecule has 0 saturated carbocycles. The van der Waals surface area contributed by atoms with Gasteiger partial charge in [-0.05, 0) is 18.6 Å². The van der Waals surface area contributed by atoms with Crippen molar-refractivity contribution >= 4 is 11.4 Å². The summed E-state index contributed by atoms with van der Waals surface area (Å²) < 4.78 is 0. The molecular formula is C9H8N4. The number of para-hydroxylation sites is 1. The molecule has 0 fully saturated rings. The van der Waals surface area contributed by atoms with Gasteiger partial charge in [0.2, 0.25) is 0 Å². The van der Waals surface area contributed by atoms with Gasteiger partial charge in [0.05, 0.1) is 11.4 Å². The normalized spacial score (nSPS) is 8.23. The van der Waals surface area contributed by atoms with Gasteiger partial charge in [-0.25, -0.2) is 0 Å². The van der Waals surface area contributed by atoms with Gasteiger partial charge in [0.15, 0.2) is 12.4 Å². The largest absolute Gasteiger partial charge is 0.291 e. The van der Waals surface area contributed by atoms with Gasteiger partial charge < -0.3 is 0 Å². The Kier molecular flexibility index (Phi) is 2.73. The molecule has 64 valence electrons. The van der Waals surface area contributed by atoms with E-state index in [0.717, 1.165) is 5.56 Å². The van der Waals surface area contributed by atoms with Gasteiger partial charge in [-0.15, -0.1) is 0 Å². The predicted octanol–water partition coefficient (Wildman–Crippen LogP) is 1.78. The number of aryl methyl sites for hydroxylation is 1. The molecule has 1 aromatic rings. The molecule has 1 aromatic carbocycles. The van der Waals surface area contributed by atoms with E-state index in [9.17, 15) is 0 Å². The number of nitrogens with one attached hydrogen (secondary N) is 2. The van der Waals surface area contributed by atoms with Crippen molar-refractivity contribution in [2.24, 2.45) is 0 Å². The van der Waals surface area contributed by atoms with E-state index in [1.165, 1.54) is 0 Å². The van der Waals surface area contributed by atoms with Gasteiger partial charge >= 0.3 is 0 Å². The van der Waals surface area contributed by atoms with E-state index < -0.39 is 0 Å². The van der Waals surface area contributed by atoms with Crippen molar-refractivity contribution in [3.05, 3.63) is 23.8 Å². The highest BCUT2D eigenvalue weighted by molar-refractivity contribution is 5.74. The number of rotatable bonds is 2. The molecule has 4 nitrogen and oxygen atoms in total. The zero-order valence-electron chi connectivity index (χ0n) is 7.13. The number of hydrogen-bond acceptors (Lipinski definition) is 4. The van der Waals surface area contributed by atoms with Gasteiger partial charge in [0.1, 0.15) is 0 Å². The minimum absolute atomic E-state index is 0.615. The van der Waals surface area contributed by atoms with Crippen LogP contribution in [0.25, 0.3) is 0 Å². The maximum atomic E-state index is 8.47. The molecule has 2 N–H and O–H groups in total. The molecule has 0 spiro atoms. The molecule has 4 heteroatoms. The maximum absolute atomic E-state index is 8.47. The first-order valence-electron chi connectivity index (χ1n) is 3.69. The van der Waals surface area contributed by atoms with Crippen LogP contribution in [0.3, 0.4) is 0 Å². The first-order valence-corrected chi connectivity index (χ1v) is 3.69. The number of nitrogens with zero attached hydrogens (tertiary/aromatic N) is 2. The summed E-state index contributed by atoms with van der Waals surface area (Å²) >= 11 is 0. The molecule has 0 amide bonds. The molecule has 0 aromatic heterocycles. The Morgan fingerprint density at radius 1 is 1.15 bits per heavy atom. The van der Waals surface area contributed by atoms with Crippen LogP contribution in [0.15, 0.2) is 18.2 Å². The zero-order chi connectivity index (χ0) is 9.68. The van der Waals surface area contributed by atoms with Crippen LogP contribution in [0.1, 0.15) is 5.56 Å². The van der Waals surface area contributed by atoms with E-state index in [1.54, 1.807) is 6.07 Å². The molecule has 0 aliphatic heterocycles. The van der Waals surface area contributed by atoms with Gasteiger partial charge in [-0.1, -0.05) is 12.1 Å². The van der Waals surface area contributed by atoms with Crippen molar-refractivity contribution in [2.75, 3.05) is 10.6 Å². The van der Waals surface area contributed by atoms with E-state index in [0.29, 0.717) is 11.4 Å². The van der Waals surface area contributed by atoms with Crippen molar-refractivity contribution < 1.29 is 0 Å². The topological polar surface area (TPSA) is 71.6 Å². The molecule has 0 bridgehead atoms. The zero-order valence-corrected chi connectivity index (χ0v) is 7.13. The second-order valence-corrected chi connectivity index (χ2v) is 2.47. The van der Waals surface area contributed by atoms with E-state index in [1.807, 2.05) is 31.4 Å². The fourth-order valence-corrected chi connectivity index (χ4v) is 1.05. The van der Waals surface area contributed by atoms with Crippen LogP contribution < -0.4 is 10.6 Å². The highest BCUT2D eigenvalue weighted by atomic mass is 14.9. The summed E-state index contributed by atoms with van der Waals surface area (Å²) in [6.45, 7) is 1.86. The fourth-order valence-electron chi connectivity index (χ4n) is 1.05. The van der Waals surface area contributed by atoms with Crippen molar-refractivity contribution in [1.29, 1.82) is 10.5 Å². The molecule has 0 aliphatic carbocycles.